The van der Waals surface area contributed by atoms with Crippen molar-refractivity contribution in [1.82, 2.24) is 0 Å². The lowest BCUT2D eigenvalue weighted by molar-refractivity contribution is 0.0696. The topological polar surface area (TPSA) is 106 Å². The molecule has 0 heterocycles. The first-order valence-electron chi connectivity index (χ1n) is 5.46. The van der Waals surface area contributed by atoms with Crippen molar-refractivity contribution in [3.8, 4) is 0 Å². The first kappa shape index (κ1) is 16.9. The van der Waals surface area contributed by atoms with E-state index in [9.17, 15) is 21.6 Å². The first-order valence-corrected chi connectivity index (χ1v) is 9.55. The first-order chi connectivity index (χ1) is 9.03. The lowest BCUT2D eigenvalue weighted by Crippen LogP contribution is -2.13. The van der Waals surface area contributed by atoms with Crippen LogP contribution < -0.4 is 0 Å². The summed E-state index contributed by atoms with van der Waals surface area (Å²) in [5.41, 5.74) is -0.198. The minimum atomic E-state index is -3.83. The van der Waals surface area contributed by atoms with E-state index in [2.05, 4.69) is 0 Å². The Morgan fingerprint density at radius 1 is 1.20 bits per heavy atom. The third-order valence-electron chi connectivity index (χ3n) is 2.44. The zero-order valence-corrected chi connectivity index (χ0v) is 12.9. The van der Waals surface area contributed by atoms with Crippen molar-refractivity contribution in [3.63, 3.8) is 0 Å². The fourth-order valence-electron chi connectivity index (χ4n) is 1.50. The molecule has 1 aromatic carbocycles. The van der Waals surface area contributed by atoms with Crippen LogP contribution in [0, 0.1) is 0 Å². The van der Waals surface area contributed by atoms with E-state index in [1.807, 2.05) is 0 Å². The Kier molecular flexibility index (Phi) is 5.17. The van der Waals surface area contributed by atoms with Crippen LogP contribution in [-0.2, 0) is 19.7 Å². The molecule has 0 spiro atoms. The molecule has 0 amide bonds. The van der Waals surface area contributed by atoms with Gasteiger partial charge in [0, 0.05) is 6.26 Å². The van der Waals surface area contributed by atoms with Gasteiger partial charge in [-0.3, -0.25) is 0 Å². The third kappa shape index (κ3) is 4.77. The van der Waals surface area contributed by atoms with Crippen LogP contribution in [0.4, 0.5) is 0 Å². The second kappa shape index (κ2) is 6.11. The molecule has 0 aliphatic heterocycles. The van der Waals surface area contributed by atoms with Crippen LogP contribution in [0.5, 0.6) is 0 Å². The predicted molar refractivity (Wildman–Crippen MR) is 74.8 cm³/mol. The van der Waals surface area contributed by atoms with Crippen LogP contribution in [0.15, 0.2) is 23.1 Å². The number of hydrogen-bond donors (Lipinski definition) is 1. The van der Waals surface area contributed by atoms with Gasteiger partial charge in [0.2, 0.25) is 0 Å². The van der Waals surface area contributed by atoms with Crippen molar-refractivity contribution < 1.29 is 26.7 Å². The molecule has 0 fully saturated rings. The van der Waals surface area contributed by atoms with E-state index >= 15 is 0 Å². The number of halogens is 1. The average molecular weight is 341 g/mol. The molecule has 1 aromatic rings. The van der Waals surface area contributed by atoms with Gasteiger partial charge >= 0.3 is 5.97 Å². The van der Waals surface area contributed by atoms with Crippen LogP contribution in [-0.4, -0.2) is 45.7 Å². The third-order valence-corrected chi connectivity index (χ3v) is 5.75. The number of carbonyl (C=O) groups is 1. The highest BCUT2D eigenvalue weighted by atomic mass is 35.5. The average Bonchev–Trinajstić information content (AvgIpc) is 2.26. The van der Waals surface area contributed by atoms with Gasteiger partial charge < -0.3 is 5.11 Å². The van der Waals surface area contributed by atoms with Crippen LogP contribution in [0.2, 0.25) is 5.02 Å². The van der Waals surface area contributed by atoms with Gasteiger partial charge in [-0.25, -0.2) is 21.6 Å². The van der Waals surface area contributed by atoms with Gasteiger partial charge in [0.25, 0.3) is 0 Å². The Morgan fingerprint density at radius 2 is 1.80 bits per heavy atom. The molecule has 0 bridgehead atoms. The smallest absolute Gasteiger partial charge is 0.335 e. The van der Waals surface area contributed by atoms with E-state index in [1.54, 1.807) is 0 Å². The summed E-state index contributed by atoms with van der Waals surface area (Å²) in [7, 11) is -7.08. The maximum Gasteiger partial charge on any atom is 0.335 e. The van der Waals surface area contributed by atoms with Crippen molar-refractivity contribution >= 4 is 37.2 Å². The fourth-order valence-corrected chi connectivity index (χ4v) is 4.23. The van der Waals surface area contributed by atoms with Crippen LogP contribution in [0.3, 0.4) is 0 Å². The highest BCUT2D eigenvalue weighted by Gasteiger charge is 2.20. The minimum absolute atomic E-state index is 0.0746. The van der Waals surface area contributed by atoms with Gasteiger partial charge in [-0.2, -0.15) is 0 Å². The molecule has 0 radical (unpaired) electrons. The Hall–Kier alpha value is -1.12. The van der Waals surface area contributed by atoms with Crippen molar-refractivity contribution in [2.75, 3.05) is 17.8 Å². The van der Waals surface area contributed by atoms with Crippen LogP contribution in [0.1, 0.15) is 16.8 Å². The molecule has 0 aliphatic carbocycles. The Labute approximate surface area is 122 Å². The molecule has 1 N–H and O–H groups in total. The van der Waals surface area contributed by atoms with Gasteiger partial charge in [-0.1, -0.05) is 11.6 Å². The second-order valence-corrected chi connectivity index (χ2v) is 9.00. The Balaban J connectivity index is 3.03. The van der Waals surface area contributed by atoms with Crippen molar-refractivity contribution in [1.29, 1.82) is 0 Å². The maximum atomic E-state index is 12.0. The molecule has 0 unspecified atom stereocenters. The van der Waals surface area contributed by atoms with Gasteiger partial charge in [-0.05, 0) is 24.6 Å². The summed E-state index contributed by atoms with van der Waals surface area (Å²) in [5, 5.41) is 8.74. The number of hydrogen-bond acceptors (Lipinski definition) is 5. The molecular formula is C11H13ClO6S2. The lowest BCUT2D eigenvalue weighted by Gasteiger charge is -2.07. The molecule has 0 saturated heterocycles. The van der Waals surface area contributed by atoms with Crippen molar-refractivity contribution in [2.45, 2.75) is 11.3 Å². The number of aromatic carboxylic acids is 1. The number of carboxylic acids is 1. The zero-order chi connectivity index (χ0) is 15.6. The Morgan fingerprint density at radius 3 is 2.30 bits per heavy atom. The zero-order valence-electron chi connectivity index (χ0n) is 10.5. The van der Waals surface area contributed by atoms with Gasteiger partial charge in [-0.15, -0.1) is 0 Å². The molecule has 0 aliphatic rings. The number of rotatable bonds is 6. The Bertz CT molecular complexity index is 721. The van der Waals surface area contributed by atoms with E-state index in [1.165, 1.54) is 12.1 Å². The summed E-state index contributed by atoms with van der Waals surface area (Å²) in [4.78, 5) is 10.5. The summed E-state index contributed by atoms with van der Waals surface area (Å²) < 4.78 is 46.0. The molecule has 0 saturated carbocycles. The van der Waals surface area contributed by atoms with E-state index in [0.29, 0.717) is 0 Å². The standard InChI is InChI=1S/C11H13ClO6S2/c1-19(15,16)5-2-6-20(17,18)10-7-8(11(13)14)3-4-9(10)12/h3-4,7H,2,5-6H2,1H3,(H,13,14). The number of carboxylic acid groups (broad SMARTS) is 1. The molecule has 6 nitrogen and oxygen atoms in total. The minimum Gasteiger partial charge on any atom is -0.478 e. The molecule has 1 rings (SSSR count). The van der Waals surface area contributed by atoms with E-state index in [-0.39, 0.29) is 27.7 Å². The van der Waals surface area contributed by atoms with Crippen molar-refractivity contribution in [2.24, 2.45) is 0 Å². The SMILES string of the molecule is CS(=O)(=O)CCCS(=O)(=O)c1cc(C(=O)O)ccc1Cl. The van der Waals surface area contributed by atoms with E-state index in [4.69, 9.17) is 16.7 Å². The molecular weight excluding hydrogens is 328 g/mol. The summed E-state index contributed by atoms with van der Waals surface area (Å²) in [5.74, 6) is -1.94. The molecule has 0 aromatic heterocycles. The van der Waals surface area contributed by atoms with Gasteiger partial charge in [0.05, 0.1) is 27.0 Å². The molecule has 112 valence electrons. The summed E-state index contributed by atoms with van der Waals surface area (Å²) >= 11 is 5.76. The van der Waals surface area contributed by atoms with E-state index < -0.39 is 31.4 Å². The highest BCUT2D eigenvalue weighted by molar-refractivity contribution is 7.92. The normalized spacial score (nSPS) is 12.3. The van der Waals surface area contributed by atoms with Crippen LogP contribution in [0.25, 0.3) is 0 Å². The van der Waals surface area contributed by atoms with E-state index in [0.717, 1.165) is 12.3 Å². The molecule has 0 atom stereocenters. The largest absolute Gasteiger partial charge is 0.478 e. The van der Waals surface area contributed by atoms with Crippen molar-refractivity contribution in [3.05, 3.63) is 28.8 Å². The number of benzene rings is 1. The summed E-state index contributed by atoms with van der Waals surface area (Å²) in [6.45, 7) is 0. The quantitative estimate of drug-likeness (QED) is 0.835. The lowest BCUT2D eigenvalue weighted by atomic mass is 10.2. The number of sulfone groups is 2. The maximum absolute atomic E-state index is 12.0. The fraction of sp³-hybridized carbons (Fsp3) is 0.364. The molecule has 20 heavy (non-hydrogen) atoms. The van der Waals surface area contributed by atoms with Gasteiger partial charge in [0.1, 0.15) is 9.84 Å². The molecule has 9 heteroatoms. The summed E-state index contributed by atoms with van der Waals surface area (Å²) in [6, 6.07) is 3.36. The predicted octanol–water partition coefficient (Wildman–Crippen LogP) is 1.25. The second-order valence-electron chi connectivity index (χ2n) is 4.25. The van der Waals surface area contributed by atoms with Gasteiger partial charge in [0.15, 0.2) is 9.84 Å². The van der Waals surface area contributed by atoms with Crippen LogP contribution >= 0.6 is 11.6 Å². The summed E-state index contributed by atoms with van der Waals surface area (Å²) in [6.07, 6.45) is 0.937. The monoisotopic (exact) mass is 340 g/mol. The highest BCUT2D eigenvalue weighted by Crippen LogP contribution is 2.24.